The highest BCUT2D eigenvalue weighted by Gasteiger charge is 2.16. The summed E-state index contributed by atoms with van der Waals surface area (Å²) < 4.78 is 5.49. The number of nitrogen functional groups attached to an aromatic ring is 1. The first-order valence-electron chi connectivity index (χ1n) is 6.74. The third-order valence-corrected chi connectivity index (χ3v) is 3.26. The second-order valence-electron chi connectivity index (χ2n) is 5.09. The Morgan fingerprint density at radius 1 is 1.29 bits per heavy atom. The van der Waals surface area contributed by atoms with Crippen molar-refractivity contribution in [1.82, 2.24) is 10.3 Å². The number of hydrogen-bond acceptors (Lipinski definition) is 5. The lowest BCUT2D eigenvalue weighted by molar-refractivity contribution is 0.0939. The van der Waals surface area contributed by atoms with Crippen LogP contribution in [0.3, 0.4) is 0 Å². The summed E-state index contributed by atoms with van der Waals surface area (Å²) in [5, 5.41) is 2.95. The van der Waals surface area contributed by atoms with E-state index in [1.54, 1.807) is 12.1 Å². The Balaban J connectivity index is 2.18. The smallest absolute Gasteiger partial charge is 0.251 e. The van der Waals surface area contributed by atoms with Gasteiger partial charge in [-0.3, -0.25) is 4.79 Å². The number of anilines is 1. The van der Waals surface area contributed by atoms with Crippen LogP contribution in [0.2, 0.25) is 0 Å². The van der Waals surface area contributed by atoms with Gasteiger partial charge in [-0.1, -0.05) is 0 Å². The van der Waals surface area contributed by atoms with E-state index in [1.165, 1.54) is 0 Å². The number of furan rings is 1. The Morgan fingerprint density at radius 2 is 2.00 bits per heavy atom. The summed E-state index contributed by atoms with van der Waals surface area (Å²) >= 11 is 0. The third-order valence-electron chi connectivity index (χ3n) is 3.26. The molecule has 1 unspecified atom stereocenters. The van der Waals surface area contributed by atoms with Crippen LogP contribution in [0.15, 0.2) is 22.6 Å². The molecule has 6 nitrogen and oxygen atoms in total. The van der Waals surface area contributed by atoms with E-state index in [1.807, 2.05) is 33.8 Å². The summed E-state index contributed by atoms with van der Waals surface area (Å²) in [6.07, 6.45) is 0. The highest BCUT2D eigenvalue weighted by Crippen LogP contribution is 2.21. The number of nitrogens with one attached hydrogen (secondary N) is 2. The summed E-state index contributed by atoms with van der Waals surface area (Å²) in [6.45, 7) is 7.50. The van der Waals surface area contributed by atoms with Crippen LogP contribution in [0.5, 0.6) is 0 Å². The molecule has 0 fully saturated rings. The van der Waals surface area contributed by atoms with Gasteiger partial charge in [0.05, 0.1) is 6.04 Å². The zero-order chi connectivity index (χ0) is 15.6. The molecule has 2 aromatic heterocycles. The van der Waals surface area contributed by atoms with Crippen LogP contribution in [0.25, 0.3) is 0 Å². The van der Waals surface area contributed by atoms with Gasteiger partial charge in [-0.2, -0.15) is 0 Å². The molecule has 0 radical (unpaired) electrons. The van der Waals surface area contributed by atoms with E-state index >= 15 is 0 Å². The minimum Gasteiger partial charge on any atom is -0.466 e. The quantitative estimate of drug-likeness (QED) is 0.593. The van der Waals surface area contributed by atoms with Crippen molar-refractivity contribution in [3.63, 3.8) is 0 Å². The fourth-order valence-electron chi connectivity index (χ4n) is 2.31. The lowest BCUT2D eigenvalue weighted by Crippen LogP contribution is -2.27. The average Bonchev–Trinajstić information content (AvgIpc) is 2.76. The first-order valence-corrected chi connectivity index (χ1v) is 6.74. The molecule has 0 aliphatic heterocycles. The molecule has 4 N–H and O–H groups in total. The van der Waals surface area contributed by atoms with E-state index in [9.17, 15) is 4.79 Å². The van der Waals surface area contributed by atoms with Crippen molar-refractivity contribution in [2.45, 2.75) is 33.7 Å². The largest absolute Gasteiger partial charge is 0.466 e. The molecule has 2 aromatic rings. The Morgan fingerprint density at radius 3 is 2.57 bits per heavy atom. The van der Waals surface area contributed by atoms with Gasteiger partial charge in [-0.25, -0.2) is 10.8 Å². The van der Waals surface area contributed by atoms with Gasteiger partial charge in [0.15, 0.2) is 0 Å². The SMILES string of the molecule is Cc1cc(C(=O)NC(C)c2cc(C)oc2C)cc(NN)n1. The van der Waals surface area contributed by atoms with E-state index in [4.69, 9.17) is 10.3 Å². The van der Waals surface area contributed by atoms with Crippen LogP contribution in [-0.4, -0.2) is 10.9 Å². The Hall–Kier alpha value is -2.34. The second-order valence-corrected chi connectivity index (χ2v) is 5.09. The van der Waals surface area contributed by atoms with Crippen molar-refractivity contribution in [3.05, 3.63) is 46.5 Å². The van der Waals surface area contributed by atoms with Crippen molar-refractivity contribution in [2.75, 3.05) is 5.43 Å². The number of rotatable bonds is 4. The van der Waals surface area contributed by atoms with E-state index in [2.05, 4.69) is 15.7 Å². The van der Waals surface area contributed by atoms with Crippen molar-refractivity contribution in [3.8, 4) is 0 Å². The van der Waals surface area contributed by atoms with Crippen molar-refractivity contribution >= 4 is 11.7 Å². The normalized spacial score (nSPS) is 12.0. The van der Waals surface area contributed by atoms with Gasteiger partial charge in [0, 0.05) is 16.8 Å². The number of hydrogen-bond donors (Lipinski definition) is 3. The number of nitrogens with two attached hydrogens (primary N) is 1. The summed E-state index contributed by atoms with van der Waals surface area (Å²) in [4.78, 5) is 16.5. The molecule has 21 heavy (non-hydrogen) atoms. The number of hydrazine groups is 1. The molecule has 2 heterocycles. The third kappa shape index (κ3) is 3.41. The summed E-state index contributed by atoms with van der Waals surface area (Å²) in [5.74, 6) is 7.28. The van der Waals surface area contributed by atoms with Crippen LogP contribution >= 0.6 is 0 Å². The fourth-order valence-corrected chi connectivity index (χ4v) is 2.31. The van der Waals surface area contributed by atoms with Gasteiger partial charge in [-0.15, -0.1) is 0 Å². The van der Waals surface area contributed by atoms with Crippen LogP contribution < -0.4 is 16.6 Å². The number of aryl methyl sites for hydroxylation is 3. The molecule has 112 valence electrons. The number of amides is 1. The molecule has 0 bridgehead atoms. The summed E-state index contributed by atoms with van der Waals surface area (Å²) in [6, 6.07) is 5.13. The molecule has 6 heteroatoms. The first kappa shape index (κ1) is 15.1. The molecule has 2 rings (SSSR count). The fraction of sp³-hybridized carbons (Fsp3) is 0.333. The molecule has 0 aliphatic rings. The number of nitrogens with zero attached hydrogens (tertiary/aromatic N) is 1. The monoisotopic (exact) mass is 288 g/mol. The molecule has 0 spiro atoms. The van der Waals surface area contributed by atoms with Gasteiger partial charge in [0.25, 0.3) is 5.91 Å². The average molecular weight is 288 g/mol. The number of pyridine rings is 1. The standard InChI is InChI=1S/C15H20N4O2/c1-8-5-12(7-14(17-8)19-16)15(20)18-10(3)13-6-9(2)21-11(13)4/h5-7,10H,16H2,1-4H3,(H,17,19)(H,18,20). The zero-order valence-corrected chi connectivity index (χ0v) is 12.7. The highest BCUT2D eigenvalue weighted by atomic mass is 16.3. The van der Waals surface area contributed by atoms with E-state index in [-0.39, 0.29) is 11.9 Å². The maximum atomic E-state index is 12.3. The molecule has 0 saturated carbocycles. The lowest BCUT2D eigenvalue weighted by atomic mass is 10.1. The Kier molecular flexibility index (Phi) is 4.28. The predicted molar refractivity (Wildman–Crippen MR) is 80.8 cm³/mol. The van der Waals surface area contributed by atoms with Crippen molar-refractivity contribution in [1.29, 1.82) is 0 Å². The molecule has 0 aromatic carbocycles. The maximum absolute atomic E-state index is 12.3. The van der Waals surface area contributed by atoms with Crippen LogP contribution in [0.4, 0.5) is 5.82 Å². The van der Waals surface area contributed by atoms with E-state index in [0.717, 1.165) is 22.8 Å². The van der Waals surface area contributed by atoms with Gasteiger partial charge < -0.3 is 15.2 Å². The van der Waals surface area contributed by atoms with Crippen LogP contribution in [0.1, 0.15) is 46.1 Å². The Labute approximate surface area is 123 Å². The highest BCUT2D eigenvalue weighted by molar-refractivity contribution is 5.95. The minimum atomic E-state index is -0.178. The zero-order valence-electron chi connectivity index (χ0n) is 12.7. The number of aromatic nitrogens is 1. The molecule has 1 atom stereocenters. The van der Waals surface area contributed by atoms with Crippen molar-refractivity contribution in [2.24, 2.45) is 5.84 Å². The number of carbonyl (C=O) groups excluding carboxylic acids is 1. The number of carbonyl (C=O) groups is 1. The van der Waals surface area contributed by atoms with Gasteiger partial charge in [0.1, 0.15) is 17.3 Å². The Bertz CT molecular complexity index is 664. The molecule has 1 amide bonds. The molecular weight excluding hydrogens is 268 g/mol. The lowest BCUT2D eigenvalue weighted by Gasteiger charge is -2.14. The van der Waals surface area contributed by atoms with Gasteiger partial charge in [0.2, 0.25) is 0 Å². The molecule has 0 aliphatic carbocycles. The molecule has 0 saturated heterocycles. The van der Waals surface area contributed by atoms with E-state index < -0.39 is 0 Å². The predicted octanol–water partition coefficient (Wildman–Crippen LogP) is 2.38. The topological polar surface area (TPSA) is 93.2 Å². The van der Waals surface area contributed by atoms with E-state index in [0.29, 0.717) is 11.4 Å². The minimum absolute atomic E-state index is 0.141. The van der Waals surface area contributed by atoms with Crippen LogP contribution in [-0.2, 0) is 0 Å². The summed E-state index contributed by atoms with van der Waals surface area (Å²) in [5.41, 5.74) is 4.67. The van der Waals surface area contributed by atoms with Crippen LogP contribution in [0, 0.1) is 20.8 Å². The first-order chi connectivity index (χ1) is 9.90. The summed E-state index contributed by atoms with van der Waals surface area (Å²) in [7, 11) is 0. The van der Waals surface area contributed by atoms with Gasteiger partial charge in [-0.05, 0) is 45.9 Å². The van der Waals surface area contributed by atoms with Gasteiger partial charge >= 0.3 is 0 Å². The maximum Gasteiger partial charge on any atom is 0.251 e. The molecular formula is C15H20N4O2. The second kappa shape index (κ2) is 5.97. The van der Waals surface area contributed by atoms with Crippen molar-refractivity contribution < 1.29 is 9.21 Å².